The van der Waals surface area contributed by atoms with Crippen LogP contribution in [0.15, 0.2) is 0 Å². The van der Waals surface area contributed by atoms with Crippen molar-refractivity contribution in [1.82, 2.24) is 5.32 Å². The normalized spacial score (nSPS) is 34.3. The summed E-state index contributed by atoms with van der Waals surface area (Å²) in [5.41, 5.74) is 0.384. The van der Waals surface area contributed by atoms with Crippen molar-refractivity contribution in [1.29, 1.82) is 5.26 Å². The van der Waals surface area contributed by atoms with E-state index in [1.165, 1.54) is 25.7 Å². The molecule has 1 saturated heterocycles. The summed E-state index contributed by atoms with van der Waals surface area (Å²) in [6.45, 7) is 2.02. The van der Waals surface area contributed by atoms with Crippen molar-refractivity contribution in [3.05, 3.63) is 0 Å². The SMILES string of the molecule is N#C[C@@H]1CNCC12CCCC2. The monoisotopic (exact) mass is 150 g/mol. The second-order valence-electron chi connectivity index (χ2n) is 3.88. The molecule has 0 radical (unpaired) electrons. The number of nitrogens with one attached hydrogen (secondary N) is 1. The van der Waals surface area contributed by atoms with Crippen LogP contribution in [0, 0.1) is 22.7 Å². The lowest BCUT2D eigenvalue weighted by molar-refractivity contribution is 0.281. The van der Waals surface area contributed by atoms with Crippen molar-refractivity contribution in [2.45, 2.75) is 25.7 Å². The quantitative estimate of drug-likeness (QED) is 0.564. The largest absolute Gasteiger partial charge is 0.315 e. The van der Waals surface area contributed by atoms with E-state index >= 15 is 0 Å². The zero-order chi connectivity index (χ0) is 7.73. The Bertz CT molecular complexity index is 181. The van der Waals surface area contributed by atoms with Crippen molar-refractivity contribution >= 4 is 0 Å². The van der Waals surface area contributed by atoms with E-state index in [2.05, 4.69) is 11.4 Å². The smallest absolute Gasteiger partial charge is 0.0675 e. The Labute approximate surface area is 67.6 Å². The molecule has 2 heteroatoms. The fourth-order valence-corrected chi connectivity index (χ4v) is 2.59. The van der Waals surface area contributed by atoms with Gasteiger partial charge in [-0.05, 0) is 18.3 Å². The molecule has 1 spiro atoms. The Morgan fingerprint density at radius 3 is 2.73 bits per heavy atom. The van der Waals surface area contributed by atoms with Gasteiger partial charge in [-0.1, -0.05) is 12.8 Å². The lowest BCUT2D eigenvalue weighted by atomic mass is 9.77. The van der Waals surface area contributed by atoms with Crippen LogP contribution in [0.5, 0.6) is 0 Å². The first-order valence-electron chi connectivity index (χ1n) is 4.48. The predicted octanol–water partition coefficient (Wildman–Crippen LogP) is 1.29. The molecule has 1 saturated carbocycles. The molecular formula is C9H14N2. The zero-order valence-corrected chi connectivity index (χ0v) is 6.77. The van der Waals surface area contributed by atoms with Crippen molar-refractivity contribution in [3.63, 3.8) is 0 Å². The molecule has 2 fully saturated rings. The van der Waals surface area contributed by atoms with Crippen molar-refractivity contribution in [3.8, 4) is 6.07 Å². The van der Waals surface area contributed by atoms with Crippen LogP contribution in [0.25, 0.3) is 0 Å². The third-order valence-corrected chi connectivity index (χ3v) is 3.32. The summed E-state index contributed by atoms with van der Waals surface area (Å²) in [5, 5.41) is 12.2. The van der Waals surface area contributed by atoms with Gasteiger partial charge in [0.05, 0.1) is 12.0 Å². The molecule has 1 aliphatic heterocycles. The highest BCUT2D eigenvalue weighted by Crippen LogP contribution is 2.45. The Hall–Kier alpha value is -0.550. The maximum Gasteiger partial charge on any atom is 0.0675 e. The van der Waals surface area contributed by atoms with Crippen molar-refractivity contribution in [2.24, 2.45) is 11.3 Å². The second kappa shape index (κ2) is 2.49. The first kappa shape index (κ1) is 7.12. The van der Waals surface area contributed by atoms with Crippen LogP contribution in [0.1, 0.15) is 25.7 Å². The lowest BCUT2D eigenvalue weighted by Gasteiger charge is -2.24. The summed E-state index contributed by atoms with van der Waals surface area (Å²) in [6, 6.07) is 2.43. The second-order valence-corrected chi connectivity index (χ2v) is 3.88. The van der Waals surface area contributed by atoms with Gasteiger partial charge in [-0.25, -0.2) is 0 Å². The molecule has 60 valence electrons. The van der Waals surface area contributed by atoms with Gasteiger partial charge in [-0.3, -0.25) is 0 Å². The molecule has 1 N–H and O–H groups in total. The summed E-state index contributed by atoms with van der Waals surface area (Å²) < 4.78 is 0. The standard InChI is InChI=1S/C9H14N2/c10-5-8-6-11-7-9(8)3-1-2-4-9/h8,11H,1-4,6-7H2/t8-/m1/s1. The van der Waals surface area contributed by atoms with E-state index in [0.717, 1.165) is 13.1 Å². The van der Waals surface area contributed by atoms with Crippen LogP contribution >= 0.6 is 0 Å². The van der Waals surface area contributed by atoms with E-state index in [0.29, 0.717) is 11.3 Å². The molecule has 2 nitrogen and oxygen atoms in total. The van der Waals surface area contributed by atoms with Crippen LogP contribution in [-0.2, 0) is 0 Å². The average molecular weight is 150 g/mol. The predicted molar refractivity (Wildman–Crippen MR) is 42.9 cm³/mol. The van der Waals surface area contributed by atoms with Gasteiger partial charge in [0.1, 0.15) is 0 Å². The summed E-state index contributed by atoms with van der Waals surface area (Å²) in [6.07, 6.45) is 5.22. The van der Waals surface area contributed by atoms with Gasteiger partial charge in [-0.15, -0.1) is 0 Å². The first-order valence-corrected chi connectivity index (χ1v) is 4.48. The van der Waals surface area contributed by atoms with Gasteiger partial charge in [0.15, 0.2) is 0 Å². The number of hydrogen-bond donors (Lipinski definition) is 1. The van der Waals surface area contributed by atoms with Crippen molar-refractivity contribution < 1.29 is 0 Å². The molecule has 0 unspecified atom stereocenters. The molecule has 0 aromatic rings. The minimum Gasteiger partial charge on any atom is -0.315 e. The lowest BCUT2D eigenvalue weighted by Crippen LogP contribution is -2.25. The van der Waals surface area contributed by atoms with Gasteiger partial charge in [0.2, 0.25) is 0 Å². The van der Waals surface area contributed by atoms with Crippen LogP contribution in [0.3, 0.4) is 0 Å². The molecule has 2 aliphatic rings. The molecule has 0 amide bonds. The minimum absolute atomic E-state index is 0.296. The highest BCUT2D eigenvalue weighted by atomic mass is 14.9. The van der Waals surface area contributed by atoms with Crippen LogP contribution in [0.2, 0.25) is 0 Å². The first-order chi connectivity index (χ1) is 5.37. The van der Waals surface area contributed by atoms with Gasteiger partial charge >= 0.3 is 0 Å². The van der Waals surface area contributed by atoms with E-state index in [1.54, 1.807) is 0 Å². The third-order valence-electron chi connectivity index (χ3n) is 3.32. The maximum absolute atomic E-state index is 8.90. The van der Waals surface area contributed by atoms with Gasteiger partial charge < -0.3 is 5.32 Å². The van der Waals surface area contributed by atoms with Gasteiger partial charge in [0.25, 0.3) is 0 Å². The van der Waals surface area contributed by atoms with E-state index in [1.807, 2.05) is 0 Å². The molecule has 2 rings (SSSR count). The van der Waals surface area contributed by atoms with Crippen LogP contribution in [0.4, 0.5) is 0 Å². The fourth-order valence-electron chi connectivity index (χ4n) is 2.59. The topological polar surface area (TPSA) is 35.8 Å². The summed E-state index contributed by atoms with van der Waals surface area (Å²) in [7, 11) is 0. The van der Waals surface area contributed by atoms with E-state index in [9.17, 15) is 0 Å². The summed E-state index contributed by atoms with van der Waals surface area (Å²) >= 11 is 0. The number of hydrogen-bond acceptors (Lipinski definition) is 2. The third kappa shape index (κ3) is 0.954. The fraction of sp³-hybridized carbons (Fsp3) is 0.889. The van der Waals surface area contributed by atoms with Crippen LogP contribution < -0.4 is 5.32 Å². The Morgan fingerprint density at radius 2 is 2.09 bits per heavy atom. The average Bonchev–Trinajstić information content (AvgIpc) is 2.62. The Balaban J connectivity index is 2.17. The molecule has 1 aliphatic carbocycles. The molecule has 1 heterocycles. The van der Waals surface area contributed by atoms with Gasteiger partial charge in [-0.2, -0.15) is 5.26 Å². The molecular weight excluding hydrogens is 136 g/mol. The van der Waals surface area contributed by atoms with E-state index in [-0.39, 0.29) is 0 Å². The molecule has 0 aromatic heterocycles. The molecule has 0 bridgehead atoms. The Morgan fingerprint density at radius 1 is 1.36 bits per heavy atom. The van der Waals surface area contributed by atoms with Crippen LogP contribution in [-0.4, -0.2) is 13.1 Å². The highest BCUT2D eigenvalue weighted by molar-refractivity contribution is 5.06. The number of nitrogens with zero attached hydrogens (tertiary/aromatic N) is 1. The number of rotatable bonds is 0. The number of nitriles is 1. The van der Waals surface area contributed by atoms with Gasteiger partial charge in [0, 0.05) is 13.1 Å². The molecule has 1 atom stereocenters. The zero-order valence-electron chi connectivity index (χ0n) is 6.77. The van der Waals surface area contributed by atoms with Crippen molar-refractivity contribution in [2.75, 3.05) is 13.1 Å². The maximum atomic E-state index is 8.90. The molecule has 11 heavy (non-hydrogen) atoms. The highest BCUT2D eigenvalue weighted by Gasteiger charge is 2.44. The van der Waals surface area contributed by atoms with E-state index < -0.39 is 0 Å². The van der Waals surface area contributed by atoms with E-state index in [4.69, 9.17) is 5.26 Å². The summed E-state index contributed by atoms with van der Waals surface area (Å²) in [5.74, 6) is 0.296. The summed E-state index contributed by atoms with van der Waals surface area (Å²) in [4.78, 5) is 0. The molecule has 0 aromatic carbocycles. The Kier molecular flexibility index (Phi) is 1.61. The minimum atomic E-state index is 0.296.